The SMILES string of the molecule is CC(CNCc1ccc(F)cc1)Oc1ccccn1.Cl. The van der Waals surface area contributed by atoms with Crippen LogP contribution in [0.1, 0.15) is 12.5 Å². The second-order valence-electron chi connectivity index (χ2n) is 4.35. The highest BCUT2D eigenvalue weighted by Gasteiger charge is 2.04. The van der Waals surface area contributed by atoms with E-state index in [4.69, 9.17) is 4.74 Å². The van der Waals surface area contributed by atoms with E-state index in [-0.39, 0.29) is 24.3 Å². The van der Waals surface area contributed by atoms with Gasteiger partial charge >= 0.3 is 0 Å². The zero-order valence-corrected chi connectivity index (χ0v) is 12.1. The van der Waals surface area contributed by atoms with Gasteiger partial charge in [-0.25, -0.2) is 9.37 Å². The van der Waals surface area contributed by atoms with E-state index < -0.39 is 0 Å². The van der Waals surface area contributed by atoms with Gasteiger partial charge < -0.3 is 10.1 Å². The predicted molar refractivity (Wildman–Crippen MR) is 79.7 cm³/mol. The highest BCUT2D eigenvalue weighted by Crippen LogP contribution is 2.06. The molecule has 0 saturated carbocycles. The van der Waals surface area contributed by atoms with E-state index in [1.54, 1.807) is 18.3 Å². The predicted octanol–water partition coefficient (Wildman–Crippen LogP) is 3.20. The fourth-order valence-electron chi connectivity index (χ4n) is 1.69. The average Bonchev–Trinajstić information content (AvgIpc) is 2.42. The molecule has 20 heavy (non-hydrogen) atoms. The Balaban J connectivity index is 0.00000200. The first kappa shape index (κ1) is 16.4. The number of nitrogens with zero attached hydrogens (tertiary/aromatic N) is 1. The fraction of sp³-hybridized carbons (Fsp3) is 0.267. The lowest BCUT2D eigenvalue weighted by atomic mass is 10.2. The normalized spacial score (nSPS) is 11.5. The number of benzene rings is 1. The molecule has 0 fully saturated rings. The molecule has 1 N–H and O–H groups in total. The molecule has 0 amide bonds. The number of aromatic nitrogens is 1. The summed E-state index contributed by atoms with van der Waals surface area (Å²) in [5.41, 5.74) is 1.05. The third-order valence-electron chi connectivity index (χ3n) is 2.63. The second kappa shape index (κ2) is 8.51. The number of rotatable bonds is 6. The van der Waals surface area contributed by atoms with Crippen LogP contribution in [0, 0.1) is 5.82 Å². The zero-order valence-electron chi connectivity index (χ0n) is 11.3. The molecule has 108 valence electrons. The molecule has 2 aromatic rings. The fourth-order valence-corrected chi connectivity index (χ4v) is 1.69. The standard InChI is InChI=1S/C15H17FN2O.ClH/c1-12(19-15-4-2-3-9-18-15)10-17-11-13-5-7-14(16)8-6-13;/h2-9,12,17H,10-11H2,1H3;1H. The maximum Gasteiger partial charge on any atom is 0.213 e. The van der Waals surface area contributed by atoms with Crippen LogP contribution in [0.3, 0.4) is 0 Å². The lowest BCUT2D eigenvalue weighted by Crippen LogP contribution is -2.28. The van der Waals surface area contributed by atoms with Gasteiger partial charge in [0.1, 0.15) is 11.9 Å². The van der Waals surface area contributed by atoms with Crippen LogP contribution in [0.4, 0.5) is 4.39 Å². The summed E-state index contributed by atoms with van der Waals surface area (Å²) in [6.07, 6.45) is 1.73. The van der Waals surface area contributed by atoms with Gasteiger partial charge in [-0.2, -0.15) is 0 Å². The van der Waals surface area contributed by atoms with Gasteiger partial charge in [-0.3, -0.25) is 0 Å². The minimum absolute atomic E-state index is 0. The van der Waals surface area contributed by atoms with Crippen LogP contribution in [0.5, 0.6) is 5.88 Å². The van der Waals surface area contributed by atoms with Crippen molar-refractivity contribution < 1.29 is 9.13 Å². The van der Waals surface area contributed by atoms with Crippen molar-refractivity contribution in [2.75, 3.05) is 6.54 Å². The van der Waals surface area contributed by atoms with Crippen LogP contribution in [0.15, 0.2) is 48.7 Å². The number of halogens is 2. The molecule has 2 rings (SSSR count). The third-order valence-corrected chi connectivity index (χ3v) is 2.63. The summed E-state index contributed by atoms with van der Waals surface area (Å²) < 4.78 is 18.4. The number of pyridine rings is 1. The molecule has 0 bridgehead atoms. The van der Waals surface area contributed by atoms with E-state index in [1.807, 2.05) is 25.1 Å². The van der Waals surface area contributed by atoms with Gasteiger partial charge in [0.2, 0.25) is 5.88 Å². The molecule has 1 atom stereocenters. The first-order valence-electron chi connectivity index (χ1n) is 6.27. The summed E-state index contributed by atoms with van der Waals surface area (Å²) in [4.78, 5) is 4.10. The summed E-state index contributed by atoms with van der Waals surface area (Å²) in [6.45, 7) is 3.37. The highest BCUT2D eigenvalue weighted by molar-refractivity contribution is 5.85. The van der Waals surface area contributed by atoms with Gasteiger partial charge in [-0.05, 0) is 30.7 Å². The molecular weight excluding hydrogens is 279 g/mol. The number of ether oxygens (including phenoxy) is 1. The Morgan fingerprint density at radius 3 is 2.60 bits per heavy atom. The Hall–Kier alpha value is -1.65. The lowest BCUT2D eigenvalue weighted by Gasteiger charge is -2.14. The maximum absolute atomic E-state index is 12.7. The van der Waals surface area contributed by atoms with E-state index in [0.29, 0.717) is 19.0 Å². The summed E-state index contributed by atoms with van der Waals surface area (Å²) >= 11 is 0. The molecular formula is C15H18ClFN2O. The van der Waals surface area contributed by atoms with Crippen LogP contribution in [-0.2, 0) is 6.54 Å². The van der Waals surface area contributed by atoms with Gasteiger partial charge in [-0.15, -0.1) is 12.4 Å². The molecule has 0 saturated heterocycles. The Morgan fingerprint density at radius 1 is 1.20 bits per heavy atom. The summed E-state index contributed by atoms with van der Waals surface area (Å²) in [5, 5.41) is 3.27. The van der Waals surface area contributed by atoms with Crippen molar-refractivity contribution >= 4 is 12.4 Å². The second-order valence-corrected chi connectivity index (χ2v) is 4.35. The smallest absolute Gasteiger partial charge is 0.213 e. The van der Waals surface area contributed by atoms with Gasteiger partial charge in [0.15, 0.2) is 0 Å². The number of hydrogen-bond donors (Lipinski definition) is 1. The van der Waals surface area contributed by atoms with Crippen molar-refractivity contribution in [3.63, 3.8) is 0 Å². The molecule has 1 heterocycles. The first-order chi connectivity index (χ1) is 9.24. The lowest BCUT2D eigenvalue weighted by molar-refractivity contribution is 0.208. The Labute approximate surface area is 124 Å². The Morgan fingerprint density at radius 2 is 1.95 bits per heavy atom. The van der Waals surface area contributed by atoms with Crippen molar-refractivity contribution in [3.8, 4) is 5.88 Å². The molecule has 1 unspecified atom stereocenters. The van der Waals surface area contributed by atoms with Crippen molar-refractivity contribution in [1.82, 2.24) is 10.3 Å². The Bertz CT molecular complexity index is 493. The molecule has 0 spiro atoms. The van der Waals surface area contributed by atoms with Crippen LogP contribution in [0.25, 0.3) is 0 Å². The van der Waals surface area contributed by atoms with Gasteiger partial charge in [0, 0.05) is 25.4 Å². The van der Waals surface area contributed by atoms with Gasteiger partial charge in [0.05, 0.1) is 0 Å². The minimum atomic E-state index is -0.212. The highest BCUT2D eigenvalue weighted by atomic mass is 35.5. The molecule has 0 aliphatic carbocycles. The van der Waals surface area contributed by atoms with E-state index in [1.165, 1.54) is 12.1 Å². The number of nitrogens with one attached hydrogen (secondary N) is 1. The van der Waals surface area contributed by atoms with Gasteiger partial charge in [0.25, 0.3) is 0 Å². The molecule has 0 aliphatic heterocycles. The third kappa shape index (κ3) is 5.55. The molecule has 1 aromatic heterocycles. The van der Waals surface area contributed by atoms with E-state index in [2.05, 4.69) is 10.3 Å². The Kier molecular flexibility index (Phi) is 6.98. The summed E-state index contributed by atoms with van der Waals surface area (Å²) in [7, 11) is 0. The van der Waals surface area contributed by atoms with E-state index in [0.717, 1.165) is 5.56 Å². The van der Waals surface area contributed by atoms with Crippen molar-refractivity contribution in [2.45, 2.75) is 19.6 Å². The topological polar surface area (TPSA) is 34.1 Å². The van der Waals surface area contributed by atoms with Crippen LogP contribution >= 0.6 is 12.4 Å². The summed E-state index contributed by atoms with van der Waals surface area (Å²) in [6, 6.07) is 12.0. The van der Waals surface area contributed by atoms with Crippen molar-refractivity contribution in [2.24, 2.45) is 0 Å². The van der Waals surface area contributed by atoms with Crippen LogP contribution in [-0.4, -0.2) is 17.6 Å². The molecule has 3 nitrogen and oxygen atoms in total. The maximum atomic E-state index is 12.7. The minimum Gasteiger partial charge on any atom is -0.473 e. The number of hydrogen-bond acceptors (Lipinski definition) is 3. The summed E-state index contributed by atoms with van der Waals surface area (Å²) in [5.74, 6) is 0.411. The van der Waals surface area contributed by atoms with Crippen molar-refractivity contribution in [3.05, 3.63) is 60.0 Å². The van der Waals surface area contributed by atoms with Crippen molar-refractivity contribution in [1.29, 1.82) is 0 Å². The zero-order chi connectivity index (χ0) is 13.5. The monoisotopic (exact) mass is 296 g/mol. The van der Waals surface area contributed by atoms with Gasteiger partial charge in [-0.1, -0.05) is 18.2 Å². The molecule has 5 heteroatoms. The first-order valence-corrected chi connectivity index (χ1v) is 6.27. The molecule has 1 aromatic carbocycles. The van der Waals surface area contributed by atoms with Crippen LogP contribution < -0.4 is 10.1 Å². The molecule has 0 radical (unpaired) electrons. The molecule has 0 aliphatic rings. The van der Waals surface area contributed by atoms with Crippen LogP contribution in [0.2, 0.25) is 0 Å². The average molecular weight is 297 g/mol. The quantitative estimate of drug-likeness (QED) is 0.889. The van der Waals surface area contributed by atoms with E-state index >= 15 is 0 Å². The van der Waals surface area contributed by atoms with E-state index in [9.17, 15) is 4.39 Å². The largest absolute Gasteiger partial charge is 0.473 e.